The Morgan fingerprint density at radius 3 is 2.44 bits per heavy atom. The SMILES string of the molecule is Brc1ccc(N2CCC3(CCNCC3)CC2)nc1. The molecule has 2 fully saturated rings. The molecule has 1 N–H and O–H groups in total. The van der Waals surface area contributed by atoms with Crippen LogP contribution >= 0.6 is 15.9 Å². The van der Waals surface area contributed by atoms with E-state index in [1.165, 1.54) is 38.8 Å². The molecule has 98 valence electrons. The summed E-state index contributed by atoms with van der Waals surface area (Å²) in [5, 5.41) is 3.47. The number of anilines is 1. The van der Waals surface area contributed by atoms with Crippen molar-refractivity contribution in [3.63, 3.8) is 0 Å². The lowest BCUT2D eigenvalue weighted by Gasteiger charge is -2.44. The van der Waals surface area contributed by atoms with Gasteiger partial charge in [0.2, 0.25) is 0 Å². The second-order valence-electron chi connectivity index (χ2n) is 5.57. The molecule has 2 aliphatic rings. The van der Waals surface area contributed by atoms with Gasteiger partial charge in [-0.05, 0) is 72.3 Å². The zero-order valence-electron chi connectivity index (χ0n) is 10.7. The maximum absolute atomic E-state index is 4.50. The molecule has 2 aliphatic heterocycles. The van der Waals surface area contributed by atoms with E-state index >= 15 is 0 Å². The van der Waals surface area contributed by atoms with Gasteiger partial charge in [0.1, 0.15) is 5.82 Å². The first kappa shape index (κ1) is 12.4. The molecule has 3 nitrogen and oxygen atoms in total. The summed E-state index contributed by atoms with van der Waals surface area (Å²) < 4.78 is 1.05. The zero-order valence-corrected chi connectivity index (χ0v) is 12.2. The first-order valence-corrected chi connectivity index (χ1v) is 7.64. The number of hydrogen-bond donors (Lipinski definition) is 1. The molecule has 3 heterocycles. The minimum atomic E-state index is 0.622. The highest BCUT2D eigenvalue weighted by Crippen LogP contribution is 2.40. The Morgan fingerprint density at radius 1 is 1.11 bits per heavy atom. The molecule has 0 bridgehead atoms. The largest absolute Gasteiger partial charge is 0.357 e. The van der Waals surface area contributed by atoms with Crippen LogP contribution in [0.15, 0.2) is 22.8 Å². The fraction of sp³-hybridized carbons (Fsp3) is 0.643. The molecule has 1 aromatic heterocycles. The molecule has 0 saturated carbocycles. The van der Waals surface area contributed by atoms with Crippen molar-refractivity contribution in [3.05, 3.63) is 22.8 Å². The molecule has 0 aliphatic carbocycles. The monoisotopic (exact) mass is 309 g/mol. The highest BCUT2D eigenvalue weighted by atomic mass is 79.9. The van der Waals surface area contributed by atoms with E-state index in [0.29, 0.717) is 5.41 Å². The number of aromatic nitrogens is 1. The van der Waals surface area contributed by atoms with Gasteiger partial charge < -0.3 is 10.2 Å². The van der Waals surface area contributed by atoms with Crippen LogP contribution in [0.5, 0.6) is 0 Å². The molecule has 0 atom stereocenters. The third kappa shape index (κ3) is 2.54. The molecule has 2 saturated heterocycles. The maximum Gasteiger partial charge on any atom is 0.128 e. The Kier molecular flexibility index (Phi) is 3.57. The molecule has 0 unspecified atom stereocenters. The first-order valence-electron chi connectivity index (χ1n) is 6.85. The van der Waals surface area contributed by atoms with Crippen molar-refractivity contribution in [1.82, 2.24) is 10.3 Å². The van der Waals surface area contributed by atoms with Crippen molar-refractivity contribution in [2.24, 2.45) is 5.41 Å². The van der Waals surface area contributed by atoms with E-state index in [2.05, 4.69) is 43.3 Å². The van der Waals surface area contributed by atoms with Crippen LogP contribution in [0.3, 0.4) is 0 Å². The van der Waals surface area contributed by atoms with E-state index in [0.717, 1.165) is 23.4 Å². The lowest BCUT2D eigenvalue weighted by molar-refractivity contribution is 0.154. The Hall–Kier alpha value is -0.610. The average molecular weight is 310 g/mol. The van der Waals surface area contributed by atoms with E-state index in [9.17, 15) is 0 Å². The molecule has 4 heteroatoms. The van der Waals surface area contributed by atoms with E-state index in [1.807, 2.05) is 6.20 Å². The smallest absolute Gasteiger partial charge is 0.128 e. The Labute approximate surface area is 117 Å². The van der Waals surface area contributed by atoms with Gasteiger partial charge in [0.25, 0.3) is 0 Å². The van der Waals surface area contributed by atoms with Crippen LogP contribution in [0.4, 0.5) is 5.82 Å². The van der Waals surface area contributed by atoms with Crippen molar-refractivity contribution in [2.45, 2.75) is 25.7 Å². The van der Waals surface area contributed by atoms with E-state index in [4.69, 9.17) is 0 Å². The molecule has 18 heavy (non-hydrogen) atoms. The van der Waals surface area contributed by atoms with Gasteiger partial charge in [0.15, 0.2) is 0 Å². The summed E-state index contributed by atoms with van der Waals surface area (Å²) in [6, 6.07) is 4.20. The van der Waals surface area contributed by atoms with Crippen LogP contribution < -0.4 is 10.2 Å². The minimum absolute atomic E-state index is 0.622. The topological polar surface area (TPSA) is 28.2 Å². The Bertz CT molecular complexity index is 388. The van der Waals surface area contributed by atoms with Gasteiger partial charge in [-0.15, -0.1) is 0 Å². The molecular formula is C14H20BrN3. The summed E-state index contributed by atoms with van der Waals surface area (Å²) in [6.07, 6.45) is 7.26. The van der Waals surface area contributed by atoms with Crippen LogP contribution in [0.25, 0.3) is 0 Å². The summed E-state index contributed by atoms with van der Waals surface area (Å²) >= 11 is 3.44. The predicted molar refractivity (Wildman–Crippen MR) is 77.9 cm³/mol. The van der Waals surface area contributed by atoms with Crippen LogP contribution in [0.1, 0.15) is 25.7 Å². The Morgan fingerprint density at radius 2 is 1.83 bits per heavy atom. The maximum atomic E-state index is 4.50. The molecular weight excluding hydrogens is 290 g/mol. The normalized spacial score (nSPS) is 23.3. The lowest BCUT2D eigenvalue weighted by Crippen LogP contribution is -2.45. The van der Waals surface area contributed by atoms with Crippen molar-refractivity contribution in [2.75, 3.05) is 31.1 Å². The first-order chi connectivity index (χ1) is 8.77. The minimum Gasteiger partial charge on any atom is -0.357 e. The quantitative estimate of drug-likeness (QED) is 0.864. The molecule has 0 radical (unpaired) electrons. The summed E-state index contributed by atoms with van der Waals surface area (Å²) in [5.41, 5.74) is 0.622. The third-order valence-corrected chi connectivity index (χ3v) is 4.99. The number of piperidine rings is 2. The zero-order chi connectivity index (χ0) is 12.4. The molecule has 0 amide bonds. The van der Waals surface area contributed by atoms with Crippen molar-refractivity contribution in [1.29, 1.82) is 0 Å². The molecule has 3 rings (SSSR count). The van der Waals surface area contributed by atoms with Gasteiger partial charge in [0.05, 0.1) is 0 Å². The second kappa shape index (κ2) is 5.17. The number of rotatable bonds is 1. The summed E-state index contributed by atoms with van der Waals surface area (Å²) in [6.45, 7) is 4.73. The van der Waals surface area contributed by atoms with Gasteiger partial charge in [-0.3, -0.25) is 0 Å². The second-order valence-corrected chi connectivity index (χ2v) is 6.49. The fourth-order valence-electron chi connectivity index (χ4n) is 3.22. The van der Waals surface area contributed by atoms with Crippen LogP contribution in [-0.4, -0.2) is 31.2 Å². The molecule has 1 spiro atoms. The number of nitrogens with one attached hydrogen (secondary N) is 1. The van der Waals surface area contributed by atoms with Crippen LogP contribution in [0, 0.1) is 5.41 Å². The predicted octanol–water partition coefficient (Wildman–Crippen LogP) is 2.81. The van der Waals surface area contributed by atoms with E-state index in [1.54, 1.807) is 0 Å². The number of pyridine rings is 1. The van der Waals surface area contributed by atoms with Crippen molar-refractivity contribution < 1.29 is 0 Å². The standard InChI is InChI=1S/C14H20BrN3/c15-12-1-2-13(17-11-12)18-9-5-14(6-10-18)3-7-16-8-4-14/h1-2,11,16H,3-10H2. The van der Waals surface area contributed by atoms with E-state index < -0.39 is 0 Å². The van der Waals surface area contributed by atoms with Crippen molar-refractivity contribution in [3.8, 4) is 0 Å². The summed E-state index contributed by atoms with van der Waals surface area (Å²) in [4.78, 5) is 6.93. The number of nitrogens with zero attached hydrogens (tertiary/aromatic N) is 2. The number of hydrogen-bond acceptors (Lipinski definition) is 3. The van der Waals surface area contributed by atoms with Gasteiger partial charge in [-0.1, -0.05) is 0 Å². The van der Waals surface area contributed by atoms with Crippen LogP contribution in [-0.2, 0) is 0 Å². The van der Waals surface area contributed by atoms with Crippen LogP contribution in [0.2, 0.25) is 0 Å². The number of halogens is 1. The summed E-state index contributed by atoms with van der Waals surface area (Å²) in [5.74, 6) is 1.13. The molecule has 1 aromatic rings. The summed E-state index contributed by atoms with van der Waals surface area (Å²) in [7, 11) is 0. The average Bonchev–Trinajstić information content (AvgIpc) is 2.42. The van der Waals surface area contributed by atoms with Gasteiger partial charge in [0, 0.05) is 23.8 Å². The lowest BCUT2D eigenvalue weighted by atomic mass is 9.71. The highest BCUT2D eigenvalue weighted by Gasteiger charge is 2.35. The fourth-order valence-corrected chi connectivity index (χ4v) is 3.46. The Balaban J connectivity index is 1.64. The van der Waals surface area contributed by atoms with Gasteiger partial charge in [-0.25, -0.2) is 4.98 Å². The van der Waals surface area contributed by atoms with Gasteiger partial charge >= 0.3 is 0 Å². The van der Waals surface area contributed by atoms with Gasteiger partial charge in [-0.2, -0.15) is 0 Å². The molecule has 0 aromatic carbocycles. The third-order valence-electron chi connectivity index (χ3n) is 4.52. The van der Waals surface area contributed by atoms with Crippen molar-refractivity contribution >= 4 is 21.7 Å². The highest BCUT2D eigenvalue weighted by molar-refractivity contribution is 9.10. The van der Waals surface area contributed by atoms with E-state index in [-0.39, 0.29) is 0 Å².